The SMILES string of the molecule is COc1cc(C)c(S(=O)(=O)NCCc2ccco2)c(C)c1. The van der Waals surface area contributed by atoms with Gasteiger partial charge in [0, 0.05) is 13.0 Å². The maximum absolute atomic E-state index is 12.4. The Hall–Kier alpha value is -1.79. The summed E-state index contributed by atoms with van der Waals surface area (Å²) in [5, 5.41) is 0. The summed E-state index contributed by atoms with van der Waals surface area (Å²) in [6, 6.07) is 7.03. The number of sulfonamides is 1. The molecular formula is C15H19NO4S. The van der Waals surface area contributed by atoms with E-state index in [-0.39, 0.29) is 0 Å². The van der Waals surface area contributed by atoms with E-state index < -0.39 is 10.0 Å². The number of furan rings is 1. The van der Waals surface area contributed by atoms with E-state index in [0.717, 1.165) is 5.76 Å². The van der Waals surface area contributed by atoms with E-state index in [1.54, 1.807) is 45.4 Å². The third-order valence-electron chi connectivity index (χ3n) is 3.18. The Kier molecular flexibility index (Phi) is 4.69. The number of hydrogen-bond donors (Lipinski definition) is 1. The largest absolute Gasteiger partial charge is 0.497 e. The number of rotatable bonds is 6. The molecule has 0 amide bonds. The van der Waals surface area contributed by atoms with Gasteiger partial charge in [0.2, 0.25) is 10.0 Å². The van der Waals surface area contributed by atoms with Crippen LogP contribution in [0.15, 0.2) is 39.8 Å². The van der Waals surface area contributed by atoms with Crippen LogP contribution >= 0.6 is 0 Å². The molecule has 0 aliphatic rings. The van der Waals surface area contributed by atoms with Crippen LogP contribution in [0.2, 0.25) is 0 Å². The zero-order valence-electron chi connectivity index (χ0n) is 12.3. The van der Waals surface area contributed by atoms with Gasteiger partial charge in [0.25, 0.3) is 0 Å². The highest BCUT2D eigenvalue weighted by atomic mass is 32.2. The predicted octanol–water partition coefficient (Wildman–Crippen LogP) is 2.43. The molecule has 0 bridgehead atoms. The predicted molar refractivity (Wildman–Crippen MR) is 80.1 cm³/mol. The fourth-order valence-electron chi connectivity index (χ4n) is 2.29. The molecule has 0 fully saturated rings. The van der Waals surface area contributed by atoms with Crippen LogP contribution < -0.4 is 9.46 Å². The van der Waals surface area contributed by atoms with Crippen molar-refractivity contribution in [1.82, 2.24) is 4.72 Å². The van der Waals surface area contributed by atoms with Gasteiger partial charge in [-0.1, -0.05) is 0 Å². The molecule has 5 nitrogen and oxygen atoms in total. The van der Waals surface area contributed by atoms with Crippen molar-refractivity contribution in [2.75, 3.05) is 13.7 Å². The molecule has 6 heteroatoms. The quantitative estimate of drug-likeness (QED) is 0.890. The van der Waals surface area contributed by atoms with Crippen LogP contribution in [0.1, 0.15) is 16.9 Å². The zero-order chi connectivity index (χ0) is 15.5. The molecule has 0 atom stereocenters. The smallest absolute Gasteiger partial charge is 0.241 e. The Morgan fingerprint density at radius 2 is 1.90 bits per heavy atom. The average Bonchev–Trinajstić information content (AvgIpc) is 2.90. The average molecular weight is 309 g/mol. The maximum atomic E-state index is 12.4. The van der Waals surface area contributed by atoms with Crippen molar-refractivity contribution in [2.45, 2.75) is 25.2 Å². The first-order chi connectivity index (χ1) is 9.94. The molecule has 2 rings (SSSR count). The zero-order valence-corrected chi connectivity index (χ0v) is 13.2. The molecule has 1 heterocycles. The lowest BCUT2D eigenvalue weighted by Crippen LogP contribution is -2.27. The summed E-state index contributed by atoms with van der Waals surface area (Å²) < 4.78 is 37.8. The van der Waals surface area contributed by atoms with Crippen LogP contribution in [0.25, 0.3) is 0 Å². The molecular weight excluding hydrogens is 290 g/mol. The van der Waals surface area contributed by atoms with Gasteiger partial charge in [0.05, 0.1) is 18.3 Å². The van der Waals surface area contributed by atoms with Crippen LogP contribution in [0, 0.1) is 13.8 Å². The lowest BCUT2D eigenvalue weighted by atomic mass is 10.1. The normalized spacial score (nSPS) is 11.6. The van der Waals surface area contributed by atoms with Crippen LogP contribution in [0.5, 0.6) is 5.75 Å². The third-order valence-corrected chi connectivity index (χ3v) is 4.95. The van der Waals surface area contributed by atoms with Crippen molar-refractivity contribution < 1.29 is 17.6 Å². The van der Waals surface area contributed by atoms with E-state index in [0.29, 0.717) is 34.7 Å². The van der Waals surface area contributed by atoms with Crippen molar-refractivity contribution in [3.05, 3.63) is 47.4 Å². The minimum atomic E-state index is -3.55. The van der Waals surface area contributed by atoms with E-state index in [4.69, 9.17) is 9.15 Å². The summed E-state index contributed by atoms with van der Waals surface area (Å²) in [6.07, 6.45) is 2.09. The molecule has 0 saturated heterocycles. The molecule has 0 aliphatic heterocycles. The third kappa shape index (κ3) is 3.65. The Morgan fingerprint density at radius 1 is 1.24 bits per heavy atom. The Morgan fingerprint density at radius 3 is 2.43 bits per heavy atom. The van der Waals surface area contributed by atoms with Gasteiger partial charge in [-0.2, -0.15) is 0 Å². The number of nitrogens with one attached hydrogen (secondary N) is 1. The lowest BCUT2D eigenvalue weighted by molar-refractivity contribution is 0.413. The van der Waals surface area contributed by atoms with E-state index in [2.05, 4.69) is 4.72 Å². The van der Waals surface area contributed by atoms with Crippen LogP contribution in [0.4, 0.5) is 0 Å². The number of methoxy groups -OCH3 is 1. The maximum Gasteiger partial charge on any atom is 0.241 e. The van der Waals surface area contributed by atoms with E-state index in [9.17, 15) is 8.42 Å². The van der Waals surface area contributed by atoms with E-state index in [1.165, 1.54) is 0 Å². The van der Waals surface area contributed by atoms with E-state index >= 15 is 0 Å². The molecule has 0 unspecified atom stereocenters. The number of aryl methyl sites for hydroxylation is 2. The molecule has 0 aliphatic carbocycles. The van der Waals surface area contributed by atoms with Crippen LogP contribution in [-0.2, 0) is 16.4 Å². The highest BCUT2D eigenvalue weighted by molar-refractivity contribution is 7.89. The lowest BCUT2D eigenvalue weighted by Gasteiger charge is -2.13. The number of benzene rings is 1. The number of hydrogen-bond acceptors (Lipinski definition) is 4. The molecule has 0 saturated carbocycles. The van der Waals surface area contributed by atoms with Gasteiger partial charge < -0.3 is 9.15 Å². The first-order valence-electron chi connectivity index (χ1n) is 6.61. The molecule has 2 aromatic rings. The minimum Gasteiger partial charge on any atom is -0.497 e. The summed E-state index contributed by atoms with van der Waals surface area (Å²) in [6.45, 7) is 3.81. The number of ether oxygens (including phenoxy) is 1. The second-order valence-corrected chi connectivity index (χ2v) is 6.52. The highest BCUT2D eigenvalue weighted by Gasteiger charge is 2.20. The Labute approximate surface area is 125 Å². The van der Waals surface area contributed by atoms with Gasteiger partial charge in [0.15, 0.2) is 0 Å². The first-order valence-corrected chi connectivity index (χ1v) is 8.09. The van der Waals surface area contributed by atoms with Gasteiger partial charge in [-0.25, -0.2) is 13.1 Å². The van der Waals surface area contributed by atoms with Gasteiger partial charge in [-0.15, -0.1) is 0 Å². The molecule has 0 radical (unpaired) electrons. The van der Waals surface area contributed by atoms with Gasteiger partial charge >= 0.3 is 0 Å². The molecule has 1 aromatic carbocycles. The van der Waals surface area contributed by atoms with Gasteiger partial charge in [-0.05, 0) is 49.2 Å². The van der Waals surface area contributed by atoms with Crippen molar-refractivity contribution in [3.63, 3.8) is 0 Å². The van der Waals surface area contributed by atoms with Crippen molar-refractivity contribution in [1.29, 1.82) is 0 Å². The summed E-state index contributed by atoms with van der Waals surface area (Å²) >= 11 is 0. The molecule has 0 spiro atoms. The standard InChI is InChI=1S/C15H19NO4S/c1-11-9-14(19-3)10-12(2)15(11)21(17,18)16-7-6-13-5-4-8-20-13/h4-5,8-10,16H,6-7H2,1-3H3. The van der Waals surface area contributed by atoms with Crippen molar-refractivity contribution in [3.8, 4) is 5.75 Å². The summed E-state index contributed by atoms with van der Waals surface area (Å²) in [7, 11) is -1.99. The van der Waals surface area contributed by atoms with Crippen LogP contribution in [0.3, 0.4) is 0 Å². The van der Waals surface area contributed by atoms with Gasteiger partial charge in [-0.3, -0.25) is 0 Å². The second-order valence-electron chi connectivity index (χ2n) is 4.82. The topological polar surface area (TPSA) is 68.5 Å². The summed E-state index contributed by atoms with van der Waals surface area (Å²) in [5.41, 5.74) is 1.33. The Balaban J connectivity index is 2.15. The van der Waals surface area contributed by atoms with Crippen molar-refractivity contribution >= 4 is 10.0 Å². The fourth-order valence-corrected chi connectivity index (χ4v) is 3.77. The monoisotopic (exact) mass is 309 g/mol. The molecule has 21 heavy (non-hydrogen) atoms. The molecule has 114 valence electrons. The summed E-state index contributed by atoms with van der Waals surface area (Å²) in [5.74, 6) is 1.40. The van der Waals surface area contributed by atoms with Gasteiger partial charge in [0.1, 0.15) is 11.5 Å². The summed E-state index contributed by atoms with van der Waals surface area (Å²) in [4.78, 5) is 0.308. The Bertz CT molecular complexity index is 682. The minimum absolute atomic E-state index is 0.292. The second kappa shape index (κ2) is 6.32. The fraction of sp³-hybridized carbons (Fsp3) is 0.333. The van der Waals surface area contributed by atoms with Crippen molar-refractivity contribution in [2.24, 2.45) is 0 Å². The molecule has 1 aromatic heterocycles. The first kappa shape index (κ1) is 15.6. The van der Waals surface area contributed by atoms with Crippen LogP contribution in [-0.4, -0.2) is 22.1 Å². The van der Waals surface area contributed by atoms with E-state index in [1.807, 2.05) is 6.07 Å². The molecule has 1 N–H and O–H groups in total. The highest BCUT2D eigenvalue weighted by Crippen LogP contribution is 2.25.